The third-order valence-corrected chi connectivity index (χ3v) is 5.19. The van der Waals surface area contributed by atoms with Gasteiger partial charge in [0.2, 0.25) is 0 Å². The van der Waals surface area contributed by atoms with Gasteiger partial charge in [-0.05, 0) is 55.7 Å². The van der Waals surface area contributed by atoms with Crippen molar-refractivity contribution < 1.29 is 4.74 Å². The molecule has 0 radical (unpaired) electrons. The average molecular weight is 288 g/mol. The van der Waals surface area contributed by atoms with E-state index < -0.39 is 0 Å². The minimum absolute atomic E-state index is 0.680. The third-order valence-electron chi connectivity index (χ3n) is 5.19. The maximum atomic E-state index is 5.60. The molecule has 1 saturated carbocycles. The number of ether oxygens (including phenoxy) is 1. The molecule has 0 unspecified atom stereocenters. The Labute approximate surface area is 128 Å². The molecule has 3 rings (SSSR count). The average Bonchev–Trinajstić information content (AvgIpc) is 2.56. The Hall–Kier alpha value is -1.06. The molecular formula is C18H28N2O. The summed E-state index contributed by atoms with van der Waals surface area (Å²) in [5.74, 6) is 1.76. The smallest absolute Gasteiger partial charge is 0.122 e. The van der Waals surface area contributed by atoms with E-state index in [0.29, 0.717) is 5.92 Å². The molecule has 1 aromatic carbocycles. The van der Waals surface area contributed by atoms with Crippen LogP contribution < -0.4 is 10.1 Å². The van der Waals surface area contributed by atoms with Crippen LogP contribution in [-0.2, 0) is 0 Å². The van der Waals surface area contributed by atoms with E-state index in [0.717, 1.165) is 24.9 Å². The highest BCUT2D eigenvalue weighted by Gasteiger charge is 2.28. The molecule has 1 saturated heterocycles. The van der Waals surface area contributed by atoms with E-state index in [1.165, 1.54) is 49.9 Å². The Morgan fingerprint density at radius 3 is 2.48 bits per heavy atom. The summed E-state index contributed by atoms with van der Waals surface area (Å²) < 4.78 is 5.60. The van der Waals surface area contributed by atoms with Crippen LogP contribution in [0, 0.1) is 6.92 Å². The highest BCUT2D eigenvalue weighted by Crippen LogP contribution is 2.39. The number of piperazine rings is 1. The lowest BCUT2D eigenvalue weighted by atomic mass is 9.80. The number of rotatable bonds is 3. The molecule has 0 aromatic heterocycles. The number of nitrogens with one attached hydrogen (secondary N) is 1. The zero-order valence-electron chi connectivity index (χ0n) is 13.4. The van der Waals surface area contributed by atoms with Gasteiger partial charge in [0.1, 0.15) is 5.75 Å². The number of aryl methyl sites for hydroxylation is 1. The van der Waals surface area contributed by atoms with Crippen molar-refractivity contribution in [3.8, 4) is 5.75 Å². The molecule has 2 aliphatic rings. The summed E-state index contributed by atoms with van der Waals surface area (Å²) in [6.07, 6.45) is 5.27. The molecule has 3 nitrogen and oxygen atoms in total. The Morgan fingerprint density at radius 1 is 1.10 bits per heavy atom. The normalized spacial score (nSPS) is 27.5. The number of methoxy groups -OCH3 is 1. The predicted octanol–water partition coefficient (Wildman–Crippen LogP) is 2.94. The fourth-order valence-corrected chi connectivity index (χ4v) is 3.95. The van der Waals surface area contributed by atoms with Crippen molar-refractivity contribution in [3.63, 3.8) is 0 Å². The van der Waals surface area contributed by atoms with E-state index in [1.54, 1.807) is 7.11 Å². The maximum absolute atomic E-state index is 5.60. The summed E-state index contributed by atoms with van der Waals surface area (Å²) in [5.41, 5.74) is 2.70. The van der Waals surface area contributed by atoms with Crippen molar-refractivity contribution in [2.45, 2.75) is 44.6 Å². The highest BCUT2D eigenvalue weighted by molar-refractivity contribution is 5.39. The summed E-state index contributed by atoms with van der Waals surface area (Å²) in [6, 6.07) is 7.49. The largest absolute Gasteiger partial charge is 0.496 e. The molecule has 21 heavy (non-hydrogen) atoms. The molecule has 0 atom stereocenters. The zero-order valence-corrected chi connectivity index (χ0v) is 13.4. The summed E-state index contributed by atoms with van der Waals surface area (Å²) >= 11 is 0. The first-order valence-corrected chi connectivity index (χ1v) is 8.37. The predicted molar refractivity (Wildman–Crippen MR) is 87.2 cm³/mol. The number of nitrogens with zero attached hydrogens (tertiary/aromatic N) is 1. The van der Waals surface area contributed by atoms with E-state index >= 15 is 0 Å². The lowest BCUT2D eigenvalue weighted by molar-refractivity contribution is 0.132. The van der Waals surface area contributed by atoms with Gasteiger partial charge in [-0.15, -0.1) is 0 Å². The molecule has 1 heterocycles. The molecule has 1 aromatic rings. The summed E-state index contributed by atoms with van der Waals surface area (Å²) in [7, 11) is 1.80. The van der Waals surface area contributed by atoms with Crippen LogP contribution >= 0.6 is 0 Å². The van der Waals surface area contributed by atoms with Crippen molar-refractivity contribution in [3.05, 3.63) is 29.3 Å². The Bertz CT molecular complexity index is 460. The van der Waals surface area contributed by atoms with Gasteiger partial charge in [-0.3, -0.25) is 4.90 Å². The quantitative estimate of drug-likeness (QED) is 0.925. The minimum atomic E-state index is 0.680. The second-order valence-corrected chi connectivity index (χ2v) is 6.54. The highest BCUT2D eigenvalue weighted by atomic mass is 16.5. The summed E-state index contributed by atoms with van der Waals surface area (Å²) in [5, 5.41) is 3.45. The molecule has 1 aliphatic carbocycles. The van der Waals surface area contributed by atoms with Crippen molar-refractivity contribution in [1.29, 1.82) is 0 Å². The van der Waals surface area contributed by atoms with Gasteiger partial charge in [-0.2, -0.15) is 0 Å². The van der Waals surface area contributed by atoms with Crippen molar-refractivity contribution in [2.24, 2.45) is 0 Å². The molecule has 0 amide bonds. The first kappa shape index (κ1) is 14.9. The van der Waals surface area contributed by atoms with Crippen LogP contribution in [0.2, 0.25) is 0 Å². The molecule has 0 bridgehead atoms. The Balaban J connectivity index is 1.62. The van der Waals surface area contributed by atoms with Crippen LogP contribution in [0.5, 0.6) is 5.75 Å². The van der Waals surface area contributed by atoms with E-state index in [2.05, 4.69) is 35.3 Å². The molecule has 3 heteroatoms. The molecule has 1 N–H and O–H groups in total. The summed E-state index contributed by atoms with van der Waals surface area (Å²) in [4.78, 5) is 2.69. The molecule has 1 aliphatic heterocycles. The summed E-state index contributed by atoms with van der Waals surface area (Å²) in [6.45, 7) is 6.90. The van der Waals surface area contributed by atoms with Crippen LogP contribution in [-0.4, -0.2) is 44.2 Å². The first-order valence-electron chi connectivity index (χ1n) is 8.37. The van der Waals surface area contributed by atoms with Gasteiger partial charge in [0, 0.05) is 32.2 Å². The van der Waals surface area contributed by atoms with E-state index in [9.17, 15) is 0 Å². The lowest BCUT2D eigenvalue weighted by Gasteiger charge is -2.39. The van der Waals surface area contributed by atoms with Gasteiger partial charge in [-0.25, -0.2) is 0 Å². The number of hydrogen-bond acceptors (Lipinski definition) is 3. The van der Waals surface area contributed by atoms with Gasteiger partial charge in [-0.1, -0.05) is 12.1 Å². The van der Waals surface area contributed by atoms with Crippen molar-refractivity contribution in [2.75, 3.05) is 33.3 Å². The minimum Gasteiger partial charge on any atom is -0.496 e. The standard InChI is InChI=1S/C18H28N2O/c1-14-3-8-17(18(13-14)21-2)15-4-6-16(7-5-15)20-11-9-19-10-12-20/h3,8,13,15-16,19H,4-7,9-12H2,1-2H3. The van der Waals surface area contributed by atoms with Gasteiger partial charge in [0.25, 0.3) is 0 Å². The van der Waals surface area contributed by atoms with E-state index in [-0.39, 0.29) is 0 Å². The number of benzene rings is 1. The van der Waals surface area contributed by atoms with Crippen molar-refractivity contribution in [1.82, 2.24) is 10.2 Å². The Kier molecular flexibility index (Phi) is 4.81. The second-order valence-electron chi connectivity index (χ2n) is 6.54. The second kappa shape index (κ2) is 6.80. The van der Waals surface area contributed by atoms with Gasteiger partial charge in [0.05, 0.1) is 7.11 Å². The molecule has 0 spiro atoms. The van der Waals surface area contributed by atoms with Crippen molar-refractivity contribution >= 4 is 0 Å². The zero-order chi connectivity index (χ0) is 14.7. The van der Waals surface area contributed by atoms with Crippen LogP contribution in [0.15, 0.2) is 18.2 Å². The molecular weight excluding hydrogens is 260 g/mol. The third kappa shape index (κ3) is 3.41. The SMILES string of the molecule is COc1cc(C)ccc1C1CCC(N2CCNCC2)CC1. The van der Waals surface area contributed by atoms with Crippen LogP contribution in [0.3, 0.4) is 0 Å². The monoisotopic (exact) mass is 288 g/mol. The van der Waals surface area contributed by atoms with Gasteiger partial charge < -0.3 is 10.1 Å². The maximum Gasteiger partial charge on any atom is 0.122 e. The van der Waals surface area contributed by atoms with Crippen LogP contribution in [0.4, 0.5) is 0 Å². The van der Waals surface area contributed by atoms with Crippen LogP contribution in [0.25, 0.3) is 0 Å². The van der Waals surface area contributed by atoms with Crippen LogP contribution in [0.1, 0.15) is 42.7 Å². The topological polar surface area (TPSA) is 24.5 Å². The fraction of sp³-hybridized carbons (Fsp3) is 0.667. The molecule has 2 fully saturated rings. The van der Waals surface area contributed by atoms with Gasteiger partial charge >= 0.3 is 0 Å². The van der Waals surface area contributed by atoms with Gasteiger partial charge in [0.15, 0.2) is 0 Å². The fourth-order valence-electron chi connectivity index (χ4n) is 3.95. The molecule has 116 valence electrons. The Morgan fingerprint density at radius 2 is 1.81 bits per heavy atom. The first-order chi connectivity index (χ1) is 10.3. The number of hydrogen-bond donors (Lipinski definition) is 1. The lowest BCUT2D eigenvalue weighted by Crippen LogP contribution is -2.49. The van der Waals surface area contributed by atoms with E-state index in [1.807, 2.05) is 0 Å². The van der Waals surface area contributed by atoms with E-state index in [4.69, 9.17) is 4.74 Å².